The summed E-state index contributed by atoms with van der Waals surface area (Å²) in [5, 5.41) is 11.5. The van der Waals surface area contributed by atoms with Crippen molar-refractivity contribution in [2.24, 2.45) is 0 Å². The second kappa shape index (κ2) is 10.2. The van der Waals surface area contributed by atoms with Crippen LogP contribution in [0.3, 0.4) is 0 Å². The standard InChI is InChI=1S/C23H29NO5/c1-22(2,3)29-21(25)16-10-11-17-28-23(18-24(26)27,19-12-6-4-7-13-19)20-14-8-5-9-15-20/h4-9,12-15H,10-11,16-18H2,1-3H3. The van der Waals surface area contributed by atoms with Crippen LogP contribution < -0.4 is 0 Å². The van der Waals surface area contributed by atoms with Gasteiger partial charge in [0.1, 0.15) is 5.60 Å². The highest BCUT2D eigenvalue weighted by Crippen LogP contribution is 2.34. The summed E-state index contributed by atoms with van der Waals surface area (Å²) in [6.45, 7) is 5.41. The SMILES string of the molecule is CC(C)(C)OC(=O)CCCCOC(C[N+](=O)[O-])(c1ccccc1)c1ccccc1. The van der Waals surface area contributed by atoms with Crippen LogP contribution in [0.2, 0.25) is 0 Å². The number of nitro groups is 1. The molecule has 2 rings (SSSR count). The first-order valence-corrected chi connectivity index (χ1v) is 9.82. The molecule has 0 aliphatic rings. The lowest BCUT2D eigenvalue weighted by Crippen LogP contribution is -2.39. The van der Waals surface area contributed by atoms with Gasteiger partial charge in [0.05, 0.1) is 0 Å². The van der Waals surface area contributed by atoms with Gasteiger partial charge in [-0.15, -0.1) is 0 Å². The predicted octanol–water partition coefficient (Wildman–Crippen LogP) is 4.74. The minimum atomic E-state index is -1.18. The van der Waals surface area contributed by atoms with Crippen molar-refractivity contribution in [1.82, 2.24) is 0 Å². The smallest absolute Gasteiger partial charge is 0.306 e. The molecule has 0 aromatic heterocycles. The molecule has 0 fully saturated rings. The van der Waals surface area contributed by atoms with Crippen LogP contribution in [0.4, 0.5) is 0 Å². The minimum absolute atomic E-state index is 0.250. The number of ether oxygens (including phenoxy) is 2. The van der Waals surface area contributed by atoms with Gasteiger partial charge in [0.2, 0.25) is 6.54 Å². The Bertz CT molecular complexity index is 744. The molecule has 0 radical (unpaired) electrons. The first-order valence-electron chi connectivity index (χ1n) is 9.82. The molecule has 0 aliphatic carbocycles. The fourth-order valence-electron chi connectivity index (χ4n) is 3.17. The molecule has 6 nitrogen and oxygen atoms in total. The number of carbonyl (C=O) groups excluding carboxylic acids is 1. The van der Waals surface area contributed by atoms with Gasteiger partial charge in [-0.1, -0.05) is 60.7 Å². The van der Waals surface area contributed by atoms with Gasteiger partial charge < -0.3 is 9.47 Å². The number of carbonyl (C=O) groups is 1. The quantitative estimate of drug-likeness (QED) is 0.250. The van der Waals surface area contributed by atoms with Crippen LogP contribution in [-0.4, -0.2) is 29.6 Å². The Kier molecular flexibility index (Phi) is 7.91. The monoisotopic (exact) mass is 399 g/mol. The third-order valence-electron chi connectivity index (χ3n) is 4.38. The third kappa shape index (κ3) is 6.98. The summed E-state index contributed by atoms with van der Waals surface area (Å²) in [7, 11) is 0. The topological polar surface area (TPSA) is 78.7 Å². The number of rotatable bonds is 10. The molecule has 6 heteroatoms. The van der Waals surface area contributed by atoms with Gasteiger partial charge in [0.15, 0.2) is 5.60 Å². The van der Waals surface area contributed by atoms with Crippen molar-refractivity contribution < 1.29 is 19.2 Å². The zero-order valence-electron chi connectivity index (χ0n) is 17.3. The summed E-state index contributed by atoms with van der Waals surface area (Å²) in [5.74, 6) is -0.250. The maximum absolute atomic E-state index is 11.9. The Morgan fingerprint density at radius 2 is 1.45 bits per heavy atom. The summed E-state index contributed by atoms with van der Waals surface area (Å²) in [6, 6.07) is 18.5. The van der Waals surface area contributed by atoms with Gasteiger partial charge in [-0.25, -0.2) is 0 Å². The lowest BCUT2D eigenvalue weighted by molar-refractivity contribution is -0.501. The van der Waals surface area contributed by atoms with E-state index in [0.29, 0.717) is 25.9 Å². The van der Waals surface area contributed by atoms with E-state index in [-0.39, 0.29) is 17.4 Å². The van der Waals surface area contributed by atoms with Gasteiger partial charge in [-0.2, -0.15) is 0 Å². The molecular weight excluding hydrogens is 370 g/mol. The van der Waals surface area contributed by atoms with E-state index >= 15 is 0 Å². The summed E-state index contributed by atoms with van der Waals surface area (Å²) < 4.78 is 11.5. The molecule has 29 heavy (non-hydrogen) atoms. The van der Waals surface area contributed by atoms with Crippen molar-refractivity contribution in [3.8, 4) is 0 Å². The van der Waals surface area contributed by atoms with E-state index in [1.807, 2.05) is 81.4 Å². The molecule has 0 amide bonds. The molecular formula is C23H29NO5. The van der Waals surface area contributed by atoms with Crippen LogP contribution in [0.15, 0.2) is 60.7 Å². The van der Waals surface area contributed by atoms with Crippen LogP contribution >= 0.6 is 0 Å². The first kappa shape index (κ1) is 22.6. The fourth-order valence-corrected chi connectivity index (χ4v) is 3.17. The lowest BCUT2D eigenvalue weighted by atomic mass is 9.86. The number of hydrogen-bond donors (Lipinski definition) is 0. The van der Waals surface area contributed by atoms with Crippen LogP contribution in [-0.2, 0) is 19.9 Å². The second-order valence-corrected chi connectivity index (χ2v) is 7.94. The predicted molar refractivity (Wildman–Crippen MR) is 111 cm³/mol. The number of benzene rings is 2. The van der Waals surface area contributed by atoms with E-state index in [1.165, 1.54) is 0 Å². The molecule has 156 valence electrons. The van der Waals surface area contributed by atoms with Crippen LogP contribution in [0, 0.1) is 10.1 Å². The maximum atomic E-state index is 11.9. The lowest BCUT2D eigenvalue weighted by Gasteiger charge is -2.31. The highest BCUT2D eigenvalue weighted by molar-refractivity contribution is 5.69. The van der Waals surface area contributed by atoms with E-state index < -0.39 is 11.2 Å². The fraction of sp³-hybridized carbons (Fsp3) is 0.435. The number of esters is 1. The number of nitrogens with zero attached hydrogens (tertiary/aromatic N) is 1. The van der Waals surface area contributed by atoms with Crippen LogP contribution in [0.1, 0.15) is 51.2 Å². The molecule has 0 heterocycles. The number of hydrogen-bond acceptors (Lipinski definition) is 5. The molecule has 0 saturated carbocycles. The van der Waals surface area contributed by atoms with Crippen molar-refractivity contribution in [2.45, 2.75) is 51.2 Å². The summed E-state index contributed by atoms with van der Waals surface area (Å²) >= 11 is 0. The highest BCUT2D eigenvalue weighted by Gasteiger charge is 2.40. The highest BCUT2D eigenvalue weighted by atomic mass is 16.6. The Morgan fingerprint density at radius 1 is 0.931 bits per heavy atom. The molecule has 2 aromatic carbocycles. The van der Waals surface area contributed by atoms with Crippen LogP contribution in [0.25, 0.3) is 0 Å². The van der Waals surface area contributed by atoms with Gasteiger partial charge >= 0.3 is 5.97 Å². The molecule has 0 spiro atoms. The van der Waals surface area contributed by atoms with Crippen molar-refractivity contribution in [2.75, 3.05) is 13.2 Å². The Labute approximate surface area is 172 Å². The van der Waals surface area contributed by atoms with Gasteiger partial charge in [-0.05, 0) is 44.7 Å². The zero-order valence-corrected chi connectivity index (χ0v) is 17.3. The van der Waals surface area contributed by atoms with E-state index in [2.05, 4.69) is 0 Å². The summed E-state index contributed by atoms with van der Waals surface area (Å²) in [6.07, 6.45) is 1.48. The average Bonchev–Trinajstić information content (AvgIpc) is 2.66. The van der Waals surface area contributed by atoms with E-state index in [4.69, 9.17) is 9.47 Å². The first-order chi connectivity index (χ1) is 13.7. The Hall–Kier alpha value is -2.73. The van der Waals surface area contributed by atoms with Crippen molar-refractivity contribution in [3.05, 3.63) is 81.9 Å². The van der Waals surface area contributed by atoms with E-state index in [9.17, 15) is 14.9 Å². The van der Waals surface area contributed by atoms with E-state index in [1.54, 1.807) is 0 Å². The zero-order chi connectivity index (χ0) is 21.3. The van der Waals surface area contributed by atoms with Crippen molar-refractivity contribution >= 4 is 5.97 Å². The van der Waals surface area contributed by atoms with E-state index in [0.717, 1.165) is 11.1 Å². The van der Waals surface area contributed by atoms with Crippen LogP contribution in [0.5, 0.6) is 0 Å². The molecule has 0 N–H and O–H groups in total. The molecule has 2 aromatic rings. The summed E-state index contributed by atoms with van der Waals surface area (Å²) in [5.41, 5.74) is -0.224. The largest absolute Gasteiger partial charge is 0.460 e. The van der Waals surface area contributed by atoms with Gasteiger partial charge in [0, 0.05) is 18.0 Å². The average molecular weight is 399 g/mol. The maximum Gasteiger partial charge on any atom is 0.306 e. The Morgan fingerprint density at radius 3 is 1.90 bits per heavy atom. The third-order valence-corrected chi connectivity index (χ3v) is 4.38. The molecule has 0 aliphatic heterocycles. The molecule has 0 saturated heterocycles. The molecule has 0 bridgehead atoms. The molecule has 0 atom stereocenters. The normalized spacial score (nSPS) is 11.8. The van der Waals surface area contributed by atoms with Crippen molar-refractivity contribution in [1.29, 1.82) is 0 Å². The van der Waals surface area contributed by atoms with Gasteiger partial charge in [-0.3, -0.25) is 14.9 Å². The molecule has 0 unspecified atom stereocenters. The van der Waals surface area contributed by atoms with Crippen molar-refractivity contribution in [3.63, 3.8) is 0 Å². The summed E-state index contributed by atoms with van der Waals surface area (Å²) in [4.78, 5) is 23.0. The van der Waals surface area contributed by atoms with Gasteiger partial charge in [0.25, 0.3) is 0 Å². The second-order valence-electron chi connectivity index (χ2n) is 7.94. The Balaban J connectivity index is 2.12. The number of unbranched alkanes of at least 4 members (excludes halogenated alkanes) is 1. The minimum Gasteiger partial charge on any atom is -0.460 e.